The van der Waals surface area contributed by atoms with Gasteiger partial charge in [0.05, 0.1) is 18.0 Å². The van der Waals surface area contributed by atoms with Crippen molar-refractivity contribution in [2.75, 3.05) is 55.9 Å². The molecule has 28 heavy (non-hydrogen) atoms. The second kappa shape index (κ2) is 8.56. The summed E-state index contributed by atoms with van der Waals surface area (Å²) in [6.07, 6.45) is 1.39. The minimum atomic E-state index is -3.78. The molecule has 8 nitrogen and oxygen atoms in total. The number of nitrogens with zero attached hydrogens (tertiary/aromatic N) is 3. The van der Waals surface area contributed by atoms with Crippen molar-refractivity contribution < 1.29 is 21.6 Å². The lowest BCUT2D eigenvalue weighted by molar-refractivity contribution is 0.196. The van der Waals surface area contributed by atoms with Gasteiger partial charge in [0.2, 0.25) is 20.0 Å². The van der Waals surface area contributed by atoms with Crippen LogP contribution in [0.5, 0.6) is 5.75 Å². The lowest BCUT2D eigenvalue weighted by Crippen LogP contribution is -2.48. The molecule has 0 spiro atoms. The Hall–Kier alpha value is -1.36. The molecule has 1 aromatic carbocycles. The van der Waals surface area contributed by atoms with Gasteiger partial charge in [-0.2, -0.15) is 4.31 Å². The predicted molar refractivity (Wildman–Crippen MR) is 109 cm³/mol. The molecule has 158 valence electrons. The molecule has 0 bridgehead atoms. The Morgan fingerprint density at radius 3 is 2.36 bits per heavy atom. The Labute approximate surface area is 168 Å². The maximum atomic E-state index is 13.3. The normalized spacial score (nSPS) is 21.6. The van der Waals surface area contributed by atoms with Crippen LogP contribution >= 0.6 is 0 Å². The van der Waals surface area contributed by atoms with E-state index in [2.05, 4.69) is 11.8 Å². The van der Waals surface area contributed by atoms with Gasteiger partial charge in [0.15, 0.2) is 0 Å². The molecule has 2 heterocycles. The Kier molecular flexibility index (Phi) is 6.53. The third-order valence-corrected chi connectivity index (χ3v) is 9.05. The molecular weight excluding hydrogens is 402 g/mol. The summed E-state index contributed by atoms with van der Waals surface area (Å²) in [7, 11) is -7.21. The zero-order valence-electron chi connectivity index (χ0n) is 16.5. The monoisotopic (exact) mass is 431 g/mol. The standard InChI is InChI=1S/C18H29N3O5S2/c1-3-19-10-12-20(13-11-19)28(24,25)18-15-16(7-8-17(18)26-4-2)21-9-5-6-14-27(21,22)23/h7-8,15H,3-6,9-14H2,1-2H3. The van der Waals surface area contributed by atoms with E-state index in [1.165, 1.54) is 14.7 Å². The first-order valence-corrected chi connectivity index (χ1v) is 12.8. The van der Waals surface area contributed by atoms with Gasteiger partial charge in [-0.05, 0) is 44.5 Å². The number of likely N-dealkylation sites (N-methyl/N-ethyl adjacent to an activating group) is 1. The van der Waals surface area contributed by atoms with Crippen LogP contribution in [0, 0.1) is 0 Å². The summed E-state index contributed by atoms with van der Waals surface area (Å²) in [5, 5.41) is 0. The number of hydrogen-bond acceptors (Lipinski definition) is 6. The van der Waals surface area contributed by atoms with Crippen LogP contribution in [0.3, 0.4) is 0 Å². The molecule has 0 saturated carbocycles. The molecule has 1 aromatic rings. The van der Waals surface area contributed by atoms with E-state index in [0.29, 0.717) is 51.4 Å². The lowest BCUT2D eigenvalue weighted by atomic mass is 10.2. The number of piperazine rings is 1. The molecule has 2 aliphatic rings. The molecule has 2 aliphatic heterocycles. The fourth-order valence-corrected chi connectivity index (χ4v) is 6.84. The number of benzene rings is 1. The quantitative estimate of drug-likeness (QED) is 0.676. The first-order chi connectivity index (χ1) is 13.3. The van der Waals surface area contributed by atoms with Gasteiger partial charge in [-0.3, -0.25) is 4.31 Å². The van der Waals surface area contributed by atoms with Crippen molar-refractivity contribution >= 4 is 25.7 Å². The Morgan fingerprint density at radius 1 is 1.04 bits per heavy atom. The van der Waals surface area contributed by atoms with Gasteiger partial charge in [-0.25, -0.2) is 16.8 Å². The molecule has 10 heteroatoms. The van der Waals surface area contributed by atoms with Gasteiger partial charge in [-0.1, -0.05) is 6.92 Å². The maximum Gasteiger partial charge on any atom is 0.246 e. The van der Waals surface area contributed by atoms with E-state index >= 15 is 0 Å². The van der Waals surface area contributed by atoms with Crippen molar-refractivity contribution in [3.8, 4) is 5.75 Å². The van der Waals surface area contributed by atoms with Crippen molar-refractivity contribution in [2.24, 2.45) is 0 Å². The summed E-state index contributed by atoms with van der Waals surface area (Å²) in [6, 6.07) is 4.65. The molecule has 0 aromatic heterocycles. The smallest absolute Gasteiger partial charge is 0.246 e. The Bertz CT molecular complexity index is 894. The first-order valence-electron chi connectivity index (χ1n) is 9.79. The maximum absolute atomic E-state index is 13.3. The summed E-state index contributed by atoms with van der Waals surface area (Å²) < 4.78 is 59.9. The largest absolute Gasteiger partial charge is 0.492 e. The third kappa shape index (κ3) is 4.29. The van der Waals surface area contributed by atoms with Crippen LogP contribution in [0.15, 0.2) is 23.1 Å². The van der Waals surface area contributed by atoms with E-state index in [9.17, 15) is 16.8 Å². The van der Waals surface area contributed by atoms with E-state index in [-0.39, 0.29) is 16.4 Å². The van der Waals surface area contributed by atoms with Crippen LogP contribution in [-0.4, -0.2) is 77.7 Å². The van der Waals surface area contributed by atoms with Gasteiger partial charge in [0, 0.05) is 32.7 Å². The second-order valence-corrected chi connectivity index (χ2v) is 10.9. The Balaban J connectivity index is 1.98. The van der Waals surface area contributed by atoms with Crippen LogP contribution in [0.25, 0.3) is 0 Å². The Morgan fingerprint density at radius 2 is 1.75 bits per heavy atom. The highest BCUT2D eigenvalue weighted by Gasteiger charge is 2.33. The van der Waals surface area contributed by atoms with E-state index < -0.39 is 20.0 Å². The topological polar surface area (TPSA) is 87.2 Å². The van der Waals surface area contributed by atoms with E-state index in [0.717, 1.165) is 13.0 Å². The molecule has 0 aliphatic carbocycles. The van der Waals surface area contributed by atoms with Crippen molar-refractivity contribution in [3.05, 3.63) is 18.2 Å². The number of anilines is 1. The zero-order valence-corrected chi connectivity index (χ0v) is 18.1. The van der Waals surface area contributed by atoms with Gasteiger partial charge in [0.1, 0.15) is 10.6 Å². The summed E-state index contributed by atoms with van der Waals surface area (Å²) in [5.41, 5.74) is 0.383. The van der Waals surface area contributed by atoms with Gasteiger partial charge >= 0.3 is 0 Å². The molecule has 0 atom stereocenters. The lowest BCUT2D eigenvalue weighted by Gasteiger charge is -2.34. The van der Waals surface area contributed by atoms with E-state index in [1.54, 1.807) is 19.1 Å². The summed E-state index contributed by atoms with van der Waals surface area (Å²) in [6.45, 7) is 7.61. The van der Waals surface area contributed by atoms with Gasteiger partial charge in [0.25, 0.3) is 0 Å². The number of rotatable bonds is 6. The van der Waals surface area contributed by atoms with Crippen molar-refractivity contribution in [3.63, 3.8) is 0 Å². The number of sulfonamides is 2. The van der Waals surface area contributed by atoms with Crippen LogP contribution in [0.4, 0.5) is 5.69 Å². The molecule has 0 amide bonds. The fourth-order valence-electron chi connectivity index (χ4n) is 3.63. The van der Waals surface area contributed by atoms with Crippen molar-refractivity contribution in [1.29, 1.82) is 0 Å². The van der Waals surface area contributed by atoms with E-state index in [1.807, 2.05) is 0 Å². The molecule has 2 fully saturated rings. The molecule has 2 saturated heterocycles. The van der Waals surface area contributed by atoms with E-state index in [4.69, 9.17) is 4.74 Å². The average molecular weight is 432 g/mol. The minimum Gasteiger partial charge on any atom is -0.492 e. The molecule has 0 N–H and O–H groups in total. The van der Waals surface area contributed by atoms with Crippen LogP contribution in [-0.2, 0) is 20.0 Å². The minimum absolute atomic E-state index is 0.0394. The molecule has 3 rings (SSSR count). The number of ether oxygens (including phenoxy) is 1. The number of hydrogen-bond donors (Lipinski definition) is 0. The fraction of sp³-hybridized carbons (Fsp3) is 0.667. The van der Waals surface area contributed by atoms with Gasteiger partial charge in [-0.15, -0.1) is 0 Å². The van der Waals surface area contributed by atoms with Crippen LogP contribution < -0.4 is 9.04 Å². The highest BCUT2D eigenvalue weighted by Crippen LogP contribution is 2.34. The molecule has 0 unspecified atom stereocenters. The van der Waals surface area contributed by atoms with Crippen molar-refractivity contribution in [2.45, 2.75) is 31.6 Å². The first kappa shape index (κ1) is 21.4. The average Bonchev–Trinajstić information content (AvgIpc) is 2.68. The summed E-state index contributed by atoms with van der Waals surface area (Å²) in [4.78, 5) is 2.24. The van der Waals surface area contributed by atoms with Crippen molar-refractivity contribution in [1.82, 2.24) is 9.21 Å². The third-order valence-electron chi connectivity index (χ3n) is 5.26. The summed E-state index contributed by atoms with van der Waals surface area (Å²) in [5.74, 6) is 0.347. The van der Waals surface area contributed by atoms with Gasteiger partial charge < -0.3 is 9.64 Å². The highest BCUT2D eigenvalue weighted by molar-refractivity contribution is 7.92. The summed E-state index contributed by atoms with van der Waals surface area (Å²) >= 11 is 0. The van der Waals surface area contributed by atoms with Crippen LogP contribution in [0.2, 0.25) is 0 Å². The highest BCUT2D eigenvalue weighted by atomic mass is 32.2. The SMILES string of the molecule is CCOc1ccc(N2CCCCS2(=O)=O)cc1S(=O)(=O)N1CCN(CC)CC1. The second-order valence-electron chi connectivity index (χ2n) is 7.00. The zero-order chi connectivity index (χ0) is 20.4. The molecular formula is C18H29N3O5S2. The predicted octanol–water partition coefficient (Wildman–Crippen LogP) is 1.34. The van der Waals surface area contributed by atoms with Crippen LogP contribution in [0.1, 0.15) is 26.7 Å². The molecule has 0 radical (unpaired) electrons.